The number of carboxylic acids is 1. The number of carboxylic acid groups (broad SMARTS) is 1. The van der Waals surface area contributed by atoms with E-state index in [0.29, 0.717) is 0 Å². The molecule has 0 saturated heterocycles. The van der Waals surface area contributed by atoms with Crippen LogP contribution < -0.4 is 0 Å². The highest BCUT2D eigenvalue weighted by Crippen LogP contribution is 2.37. The molecule has 0 amide bonds. The van der Waals surface area contributed by atoms with E-state index in [-0.39, 0.29) is 0 Å². The van der Waals surface area contributed by atoms with Crippen LogP contribution in [0.2, 0.25) is 0 Å². The number of halogens is 1. The van der Waals surface area contributed by atoms with Gasteiger partial charge in [0.15, 0.2) is 0 Å². The zero-order valence-electron chi connectivity index (χ0n) is 12.6. The van der Waals surface area contributed by atoms with Crippen molar-refractivity contribution in [3.63, 3.8) is 0 Å². The van der Waals surface area contributed by atoms with Crippen LogP contribution in [0.1, 0.15) is 35.1 Å². The fourth-order valence-electron chi connectivity index (χ4n) is 2.93. The standard InChI is InChI=1S/C20H17BrO2/c21-18-7-3-5-15-4-1-2-6-17(15)20(18)16-11-8-14(9-12-16)10-13-19(22)23/h1-2,4,6,8-13H,3,5,7H2,(H,22,23)/b13-10+. The minimum absolute atomic E-state index is 0.884. The molecule has 1 aliphatic rings. The number of hydrogen-bond acceptors (Lipinski definition) is 1. The average molecular weight is 369 g/mol. The maximum absolute atomic E-state index is 10.6. The van der Waals surface area contributed by atoms with Crippen molar-refractivity contribution in [1.29, 1.82) is 0 Å². The first-order valence-corrected chi connectivity index (χ1v) is 8.43. The highest BCUT2D eigenvalue weighted by atomic mass is 79.9. The smallest absolute Gasteiger partial charge is 0.328 e. The molecule has 2 nitrogen and oxygen atoms in total. The molecule has 116 valence electrons. The quantitative estimate of drug-likeness (QED) is 0.748. The molecule has 1 aliphatic carbocycles. The number of fused-ring (bicyclic) bond motifs is 1. The van der Waals surface area contributed by atoms with Crippen molar-refractivity contribution in [2.45, 2.75) is 19.3 Å². The molecule has 0 aliphatic heterocycles. The van der Waals surface area contributed by atoms with Crippen LogP contribution in [0.15, 0.2) is 59.1 Å². The van der Waals surface area contributed by atoms with Crippen LogP contribution in [0.3, 0.4) is 0 Å². The zero-order valence-corrected chi connectivity index (χ0v) is 14.2. The third-order valence-electron chi connectivity index (χ3n) is 4.02. The summed E-state index contributed by atoms with van der Waals surface area (Å²) in [6, 6.07) is 16.6. The van der Waals surface area contributed by atoms with Crippen LogP contribution in [0.25, 0.3) is 11.6 Å². The molecule has 0 atom stereocenters. The first-order valence-electron chi connectivity index (χ1n) is 7.63. The van der Waals surface area contributed by atoms with E-state index < -0.39 is 5.97 Å². The summed E-state index contributed by atoms with van der Waals surface area (Å²) in [6.45, 7) is 0. The first-order chi connectivity index (χ1) is 11.1. The largest absolute Gasteiger partial charge is 0.478 e. The number of carbonyl (C=O) groups is 1. The highest BCUT2D eigenvalue weighted by molar-refractivity contribution is 9.11. The Morgan fingerprint density at radius 2 is 1.78 bits per heavy atom. The van der Waals surface area contributed by atoms with Gasteiger partial charge >= 0.3 is 5.97 Å². The molecule has 0 aromatic heterocycles. The van der Waals surface area contributed by atoms with E-state index in [1.54, 1.807) is 6.08 Å². The number of aryl methyl sites for hydroxylation is 1. The van der Waals surface area contributed by atoms with Gasteiger partial charge in [0, 0.05) is 10.6 Å². The van der Waals surface area contributed by atoms with Crippen molar-refractivity contribution in [2.24, 2.45) is 0 Å². The summed E-state index contributed by atoms with van der Waals surface area (Å²) in [5.74, 6) is -0.933. The molecule has 0 bridgehead atoms. The van der Waals surface area contributed by atoms with Gasteiger partial charge in [0.05, 0.1) is 0 Å². The Morgan fingerprint density at radius 1 is 1.04 bits per heavy atom. The summed E-state index contributed by atoms with van der Waals surface area (Å²) in [5, 5.41) is 8.71. The Hall–Kier alpha value is -2.13. The van der Waals surface area contributed by atoms with Crippen molar-refractivity contribution in [2.75, 3.05) is 0 Å². The molecule has 2 aromatic rings. The molecular formula is C20H17BrO2. The van der Waals surface area contributed by atoms with Gasteiger partial charge in [-0.2, -0.15) is 0 Å². The SMILES string of the molecule is O=C(O)/C=C/c1ccc(C2=C(Br)CCCc3ccccc32)cc1. The topological polar surface area (TPSA) is 37.3 Å². The summed E-state index contributed by atoms with van der Waals surface area (Å²) in [4.78, 5) is 10.6. The molecule has 0 unspecified atom stereocenters. The van der Waals surface area contributed by atoms with E-state index in [9.17, 15) is 4.79 Å². The molecular weight excluding hydrogens is 352 g/mol. The van der Waals surface area contributed by atoms with Gasteiger partial charge in [-0.15, -0.1) is 0 Å². The molecule has 0 spiro atoms. The van der Waals surface area contributed by atoms with Gasteiger partial charge in [-0.05, 0) is 53.2 Å². The second kappa shape index (κ2) is 6.97. The maximum Gasteiger partial charge on any atom is 0.328 e. The molecule has 0 radical (unpaired) electrons. The van der Waals surface area contributed by atoms with Crippen LogP contribution in [0.5, 0.6) is 0 Å². The molecule has 1 N–H and O–H groups in total. The fraction of sp³-hybridized carbons (Fsp3) is 0.150. The first kappa shape index (κ1) is 15.8. The van der Waals surface area contributed by atoms with Gasteiger partial charge in [-0.1, -0.05) is 64.5 Å². The van der Waals surface area contributed by atoms with Gasteiger partial charge in [0.1, 0.15) is 0 Å². The summed E-state index contributed by atoms with van der Waals surface area (Å²) < 4.78 is 1.23. The number of rotatable bonds is 3. The Bertz CT molecular complexity index is 786. The molecule has 3 heteroatoms. The summed E-state index contributed by atoms with van der Waals surface area (Å²) in [7, 11) is 0. The van der Waals surface area contributed by atoms with Gasteiger partial charge in [-0.25, -0.2) is 4.79 Å². The van der Waals surface area contributed by atoms with Gasteiger partial charge in [0.25, 0.3) is 0 Å². The predicted molar refractivity (Wildman–Crippen MR) is 97.4 cm³/mol. The number of aliphatic carboxylic acids is 1. The second-order valence-corrected chi connectivity index (χ2v) is 6.54. The molecule has 0 heterocycles. The predicted octanol–water partition coefficient (Wildman–Crippen LogP) is 5.28. The van der Waals surface area contributed by atoms with Crippen LogP contribution in [0.4, 0.5) is 0 Å². The van der Waals surface area contributed by atoms with Crippen LogP contribution in [0, 0.1) is 0 Å². The number of hydrogen-bond donors (Lipinski definition) is 1. The second-order valence-electron chi connectivity index (χ2n) is 5.58. The van der Waals surface area contributed by atoms with Gasteiger partial charge < -0.3 is 5.11 Å². The van der Waals surface area contributed by atoms with Crippen LogP contribution >= 0.6 is 15.9 Å². The third kappa shape index (κ3) is 3.62. The Morgan fingerprint density at radius 3 is 2.52 bits per heavy atom. The van der Waals surface area contributed by atoms with E-state index in [1.807, 2.05) is 12.1 Å². The van der Waals surface area contributed by atoms with Crippen LogP contribution in [-0.2, 0) is 11.2 Å². The normalized spacial score (nSPS) is 14.7. The number of benzene rings is 2. The summed E-state index contributed by atoms with van der Waals surface area (Å²) in [6.07, 6.45) is 6.03. The fourth-order valence-corrected chi connectivity index (χ4v) is 3.65. The van der Waals surface area contributed by atoms with Crippen molar-refractivity contribution in [3.05, 3.63) is 81.3 Å². The highest BCUT2D eigenvalue weighted by Gasteiger charge is 2.16. The third-order valence-corrected chi connectivity index (χ3v) is 4.81. The monoisotopic (exact) mass is 368 g/mol. The van der Waals surface area contributed by atoms with E-state index in [4.69, 9.17) is 5.11 Å². The summed E-state index contributed by atoms with van der Waals surface area (Å²) >= 11 is 3.77. The van der Waals surface area contributed by atoms with Gasteiger partial charge in [-0.3, -0.25) is 0 Å². The van der Waals surface area contributed by atoms with E-state index >= 15 is 0 Å². The molecule has 23 heavy (non-hydrogen) atoms. The molecule has 2 aromatic carbocycles. The zero-order chi connectivity index (χ0) is 16.2. The lowest BCUT2D eigenvalue weighted by Crippen LogP contribution is -1.94. The lowest BCUT2D eigenvalue weighted by atomic mass is 9.93. The Balaban J connectivity index is 2.01. The van der Waals surface area contributed by atoms with Crippen molar-refractivity contribution >= 4 is 33.5 Å². The lowest BCUT2D eigenvalue weighted by molar-refractivity contribution is -0.131. The Kier molecular flexibility index (Phi) is 4.77. The van der Waals surface area contributed by atoms with E-state index in [1.165, 1.54) is 21.2 Å². The van der Waals surface area contributed by atoms with Gasteiger partial charge in [0.2, 0.25) is 0 Å². The van der Waals surface area contributed by atoms with Crippen molar-refractivity contribution in [3.8, 4) is 0 Å². The number of allylic oxidation sites excluding steroid dienone is 1. The lowest BCUT2D eigenvalue weighted by Gasteiger charge is -2.13. The average Bonchev–Trinajstić information content (AvgIpc) is 2.72. The van der Waals surface area contributed by atoms with Crippen molar-refractivity contribution < 1.29 is 9.90 Å². The minimum atomic E-state index is -0.933. The van der Waals surface area contributed by atoms with Crippen LogP contribution in [-0.4, -0.2) is 11.1 Å². The maximum atomic E-state index is 10.6. The van der Waals surface area contributed by atoms with E-state index in [2.05, 4.69) is 52.3 Å². The molecule has 0 saturated carbocycles. The van der Waals surface area contributed by atoms with Crippen molar-refractivity contribution in [1.82, 2.24) is 0 Å². The summed E-state index contributed by atoms with van der Waals surface area (Å²) in [5.41, 5.74) is 5.94. The Labute approximate surface area is 144 Å². The van der Waals surface area contributed by atoms with E-state index in [0.717, 1.165) is 36.5 Å². The molecule has 3 rings (SSSR count). The molecule has 0 fully saturated rings. The minimum Gasteiger partial charge on any atom is -0.478 e.